The first-order chi connectivity index (χ1) is 17.1. The number of aromatic nitrogens is 9. The van der Waals surface area contributed by atoms with Gasteiger partial charge in [-0.2, -0.15) is 9.73 Å². The molecule has 0 aliphatic carbocycles. The molecule has 180 valence electrons. The van der Waals surface area contributed by atoms with Gasteiger partial charge in [0, 0.05) is 0 Å². The number of carbonyl (C=O) groups excluding carboxylic acids is 1. The number of hydrogen-bond acceptors (Lipinski definition) is 11. The number of H-pyrrole nitrogens is 1. The maximum absolute atomic E-state index is 13.1. The summed E-state index contributed by atoms with van der Waals surface area (Å²) in [4.78, 5) is 15.3. The molecule has 0 saturated carbocycles. The number of amides is 1. The molecule has 4 N–H and O–H groups in total. The fourth-order valence-electron chi connectivity index (χ4n) is 3.90. The minimum absolute atomic E-state index is 0.0875. The highest BCUT2D eigenvalue weighted by atomic mass is 16.6. The molecule has 1 aliphatic heterocycles. The highest BCUT2D eigenvalue weighted by Crippen LogP contribution is 2.15. The summed E-state index contributed by atoms with van der Waals surface area (Å²) in [5, 5.41) is 29.9. The second-order valence-corrected chi connectivity index (χ2v) is 8.09. The first kappa shape index (κ1) is 22.3. The van der Waals surface area contributed by atoms with E-state index >= 15 is 0 Å². The molecule has 35 heavy (non-hydrogen) atoms. The van der Waals surface area contributed by atoms with Gasteiger partial charge in [-0.05, 0) is 71.2 Å². The molecule has 1 aliphatic rings. The van der Waals surface area contributed by atoms with E-state index in [1.807, 2.05) is 24.3 Å². The predicted molar refractivity (Wildman–Crippen MR) is 120 cm³/mol. The standard InChI is InChI=1S/C20H23N13O2/c1-13(14-5-7-15(8-6-14)32-12-22-28-30-32)23-25-20(34)17-16(11-31-9-3-2-4-10-31)33(29-24-17)19-18(21)26-35-27-19/h5-8,12H,2-4,9-11H2,1H3,(H3,21,25,26,34)/p+1/b23-13+. The van der Waals surface area contributed by atoms with Gasteiger partial charge in [-0.1, -0.05) is 18.6 Å². The third-order valence-electron chi connectivity index (χ3n) is 5.77. The minimum Gasteiger partial charge on any atom is -0.375 e. The molecule has 1 amide bonds. The molecule has 1 fully saturated rings. The minimum atomic E-state index is -0.466. The Morgan fingerprint density at radius 1 is 1.23 bits per heavy atom. The first-order valence-corrected chi connectivity index (χ1v) is 11.1. The quantitative estimate of drug-likeness (QED) is 0.182. The third-order valence-corrected chi connectivity index (χ3v) is 5.77. The van der Waals surface area contributed by atoms with E-state index in [0.717, 1.165) is 37.2 Å². The van der Waals surface area contributed by atoms with Gasteiger partial charge in [0.1, 0.15) is 11.5 Å². The van der Waals surface area contributed by atoms with Crippen LogP contribution in [0.5, 0.6) is 0 Å². The number of likely N-dealkylation sites (tertiary alicyclic amines) is 1. The van der Waals surface area contributed by atoms with Crippen LogP contribution >= 0.6 is 0 Å². The summed E-state index contributed by atoms with van der Waals surface area (Å²) in [5.74, 6) is -0.137. The third kappa shape index (κ3) is 4.74. The Balaban J connectivity index is 1.36. The topological polar surface area (TPSA) is 186 Å². The van der Waals surface area contributed by atoms with Gasteiger partial charge in [0.2, 0.25) is 0 Å². The van der Waals surface area contributed by atoms with Crippen molar-refractivity contribution in [3.05, 3.63) is 47.5 Å². The number of aromatic amines is 1. The summed E-state index contributed by atoms with van der Waals surface area (Å²) < 4.78 is 7.80. The molecule has 1 saturated heterocycles. The first-order valence-electron chi connectivity index (χ1n) is 11.1. The van der Waals surface area contributed by atoms with Crippen LogP contribution in [-0.2, 0) is 6.54 Å². The van der Waals surface area contributed by atoms with Gasteiger partial charge >= 0.3 is 11.7 Å². The fraction of sp³-hybridized carbons (Fsp3) is 0.350. The molecule has 0 unspecified atom stereocenters. The molecule has 5 rings (SSSR count). The summed E-state index contributed by atoms with van der Waals surface area (Å²) in [7, 11) is 0. The molecule has 0 radical (unpaired) electrons. The number of hydrogen-bond donors (Lipinski definition) is 3. The zero-order valence-corrected chi connectivity index (χ0v) is 19.0. The molecule has 0 spiro atoms. The molecule has 0 atom stereocenters. The number of carbonyl (C=O) groups is 1. The van der Waals surface area contributed by atoms with Crippen molar-refractivity contribution in [1.82, 2.24) is 51.2 Å². The van der Waals surface area contributed by atoms with Crippen molar-refractivity contribution in [2.24, 2.45) is 5.10 Å². The number of nitrogens with two attached hydrogens (primary N) is 1. The van der Waals surface area contributed by atoms with Crippen LogP contribution in [0.2, 0.25) is 0 Å². The molecule has 15 nitrogen and oxygen atoms in total. The van der Waals surface area contributed by atoms with Crippen LogP contribution in [-0.4, -0.2) is 70.4 Å². The Morgan fingerprint density at radius 3 is 2.71 bits per heavy atom. The Bertz CT molecular complexity index is 1320. The molecule has 3 aromatic heterocycles. The van der Waals surface area contributed by atoms with Gasteiger partial charge in [-0.3, -0.25) is 9.69 Å². The lowest BCUT2D eigenvalue weighted by Gasteiger charge is -2.25. The van der Waals surface area contributed by atoms with Gasteiger partial charge < -0.3 is 5.73 Å². The van der Waals surface area contributed by atoms with Crippen LogP contribution < -0.4 is 15.8 Å². The van der Waals surface area contributed by atoms with Crippen LogP contribution in [0, 0.1) is 0 Å². The Labute approximate surface area is 198 Å². The second-order valence-electron chi connectivity index (χ2n) is 8.09. The number of benzene rings is 1. The molecule has 1 aromatic carbocycles. The van der Waals surface area contributed by atoms with Crippen molar-refractivity contribution in [2.75, 3.05) is 18.8 Å². The highest BCUT2D eigenvalue weighted by Gasteiger charge is 2.31. The fourth-order valence-corrected chi connectivity index (χ4v) is 3.90. The zero-order valence-electron chi connectivity index (χ0n) is 19.0. The predicted octanol–water partition coefficient (Wildman–Crippen LogP) is -0.233. The molecule has 4 aromatic rings. The summed E-state index contributed by atoms with van der Waals surface area (Å²) in [6.45, 7) is 4.13. The maximum Gasteiger partial charge on any atom is 0.377 e. The van der Waals surface area contributed by atoms with Crippen LogP contribution in [0.1, 0.15) is 47.9 Å². The normalized spacial score (nSPS) is 14.8. The van der Waals surface area contributed by atoms with E-state index in [0.29, 0.717) is 18.0 Å². The van der Waals surface area contributed by atoms with E-state index in [1.165, 1.54) is 17.4 Å². The number of rotatable bonds is 7. The van der Waals surface area contributed by atoms with Gasteiger partial charge in [0.15, 0.2) is 5.69 Å². The van der Waals surface area contributed by atoms with Crippen LogP contribution in [0.15, 0.2) is 40.3 Å². The number of piperidine rings is 1. The number of anilines is 1. The van der Waals surface area contributed by atoms with Gasteiger partial charge in [-0.15, -0.1) is 15.0 Å². The highest BCUT2D eigenvalue weighted by molar-refractivity contribution is 6.00. The van der Waals surface area contributed by atoms with Crippen LogP contribution in [0.3, 0.4) is 0 Å². The van der Waals surface area contributed by atoms with E-state index in [9.17, 15) is 4.79 Å². The van der Waals surface area contributed by atoms with Crippen molar-refractivity contribution < 1.29 is 14.1 Å². The summed E-state index contributed by atoms with van der Waals surface area (Å²) in [5.41, 5.74) is 11.5. The van der Waals surface area contributed by atoms with E-state index < -0.39 is 5.91 Å². The summed E-state index contributed by atoms with van der Waals surface area (Å²) in [6.07, 6.45) is 4.90. The number of nitrogens with one attached hydrogen (secondary N) is 2. The molecule has 4 heterocycles. The van der Waals surface area contributed by atoms with E-state index in [1.54, 1.807) is 11.6 Å². The number of hydrazone groups is 1. The van der Waals surface area contributed by atoms with Crippen molar-refractivity contribution in [2.45, 2.75) is 32.7 Å². The Morgan fingerprint density at radius 2 is 2.03 bits per heavy atom. The molecule has 0 bridgehead atoms. The van der Waals surface area contributed by atoms with Crippen molar-refractivity contribution in [3.63, 3.8) is 0 Å². The summed E-state index contributed by atoms with van der Waals surface area (Å²) in [6, 6.07) is 7.45. The largest absolute Gasteiger partial charge is 0.377 e. The van der Waals surface area contributed by atoms with Gasteiger partial charge in [0.25, 0.3) is 11.5 Å². The van der Waals surface area contributed by atoms with Gasteiger partial charge in [0.05, 0.1) is 17.9 Å². The second kappa shape index (κ2) is 9.76. The Hall–Kier alpha value is -4.53. The van der Waals surface area contributed by atoms with Crippen molar-refractivity contribution in [1.29, 1.82) is 0 Å². The van der Waals surface area contributed by atoms with Gasteiger partial charge in [-0.25, -0.2) is 10.1 Å². The zero-order chi connectivity index (χ0) is 24.2. The smallest absolute Gasteiger partial charge is 0.375 e. The van der Waals surface area contributed by atoms with E-state index in [-0.39, 0.29) is 17.3 Å². The lowest BCUT2D eigenvalue weighted by Crippen LogP contribution is -2.42. The maximum atomic E-state index is 13.1. The number of nitrogen functional groups attached to an aromatic ring is 1. The monoisotopic (exact) mass is 478 g/mol. The van der Waals surface area contributed by atoms with Crippen LogP contribution in [0.25, 0.3) is 11.5 Å². The summed E-state index contributed by atoms with van der Waals surface area (Å²) >= 11 is 0. The molecular formula is C20H24N13O2+. The molecular weight excluding hydrogens is 454 g/mol. The van der Waals surface area contributed by atoms with E-state index in [4.69, 9.17) is 10.4 Å². The SMILES string of the molecule is C/C(=N\NC(=O)c1n[nH][n+](-c2nonc2N)c1CN1CCCCC1)c1ccc(-n2cnnn2)cc1. The van der Waals surface area contributed by atoms with Crippen LogP contribution in [0.4, 0.5) is 5.82 Å². The average Bonchev–Trinajstić information content (AvgIpc) is 3.65. The lowest BCUT2D eigenvalue weighted by molar-refractivity contribution is -0.671. The number of tetrazole rings is 1. The molecule has 15 heteroatoms. The number of nitrogens with zero attached hydrogens (tertiary/aromatic N) is 10. The van der Waals surface area contributed by atoms with E-state index in [2.05, 4.69) is 51.6 Å². The Kier molecular flexibility index (Phi) is 6.21. The van der Waals surface area contributed by atoms with Crippen molar-refractivity contribution in [3.8, 4) is 11.5 Å². The average molecular weight is 479 g/mol. The lowest BCUT2D eigenvalue weighted by atomic mass is 10.1. The van der Waals surface area contributed by atoms with Crippen molar-refractivity contribution >= 4 is 17.4 Å².